The zero-order valence-corrected chi connectivity index (χ0v) is 14.2. The largest absolute Gasteiger partial charge is 2.00 e. The summed E-state index contributed by atoms with van der Waals surface area (Å²) in [5.74, 6) is 0. The van der Waals surface area contributed by atoms with Gasteiger partial charge in [-0.25, -0.2) is 0 Å². The Kier molecular flexibility index (Phi) is 46.0. The number of rotatable bonds is 0. The second-order valence-corrected chi connectivity index (χ2v) is 1.80. The van der Waals surface area contributed by atoms with E-state index in [1.165, 1.54) is 0 Å². The molecule has 0 atom stereocenters. The fourth-order valence-corrected chi connectivity index (χ4v) is 0. The second-order valence-electron chi connectivity index (χ2n) is 0.600. The predicted molar refractivity (Wildman–Crippen MR) is 40.5 cm³/mol. The molecule has 0 aromatic rings. The maximum atomic E-state index is 7.33. The van der Waals surface area contributed by atoms with Crippen molar-refractivity contribution in [3.8, 4) is 0 Å². The molecule has 0 aliphatic rings. The van der Waals surface area contributed by atoms with Crippen molar-refractivity contribution in [1.29, 1.82) is 0 Å². The first-order valence-corrected chi connectivity index (χ1v) is 2.68. The molecule has 0 unspecified atom stereocenters. The first-order chi connectivity index (χ1) is 2.00. The smallest absolute Gasteiger partial charge is 1.00 e. The van der Waals surface area contributed by atoms with Crippen molar-refractivity contribution in [2.75, 3.05) is 0 Å². The van der Waals surface area contributed by atoms with Crippen LogP contribution in [0.4, 0.5) is 0 Å². The molecule has 0 spiro atoms. The number of hydrogen-bond acceptors (Lipinski definition) is 4. The van der Waals surface area contributed by atoms with Gasteiger partial charge in [0.05, 0.1) is 0 Å². The van der Waals surface area contributed by atoms with Crippen molar-refractivity contribution in [2.24, 2.45) is 0 Å². The Labute approximate surface area is 140 Å². The Bertz CT molecular complexity index is 47.6. The Morgan fingerprint density at radius 3 is 1.00 bits per heavy atom. The van der Waals surface area contributed by atoms with E-state index in [0.29, 0.717) is 0 Å². The quantitative estimate of drug-likeness (QED) is 0.332. The fourth-order valence-electron chi connectivity index (χ4n) is 0. The van der Waals surface area contributed by atoms with Gasteiger partial charge in [-0.05, 0) is 0 Å². The molecule has 9 heteroatoms. The Balaban J connectivity index is -0.00000000286. The molecule has 0 fully saturated rings. The molecule has 0 rings (SSSR count). The maximum absolute atomic E-state index is 7.33. The van der Waals surface area contributed by atoms with E-state index in [1.54, 1.807) is 0 Å². The molecule has 48 valence electrons. The minimum atomic E-state index is -4.61. The van der Waals surface area contributed by atoms with Gasteiger partial charge in [0.15, 0.2) is 17.4 Å². The first-order valence-electron chi connectivity index (χ1n) is 0.894. The van der Waals surface area contributed by atoms with Gasteiger partial charge < -0.3 is 24.9 Å². The fraction of sp³-hybridized carbons (Fsp3) is 0. The molecule has 0 bridgehead atoms. The third-order valence-electron chi connectivity index (χ3n) is 0. The molecule has 9 heavy (non-hydrogen) atoms. The second kappa shape index (κ2) is 14.1. The molecule has 0 radical (unpaired) electrons. The summed E-state index contributed by atoms with van der Waals surface area (Å²) in [4.78, 5) is 29.3. The summed E-state index contributed by atoms with van der Waals surface area (Å²) in [7, 11) is -4.61. The van der Waals surface area contributed by atoms with Crippen LogP contribution in [0.1, 0.15) is 5.71 Å². The minimum absolute atomic E-state index is 0. The van der Waals surface area contributed by atoms with Crippen LogP contribution >= 0.6 is 0 Å². The van der Waals surface area contributed by atoms with E-state index in [0.717, 1.165) is 0 Å². The SMILES string of the molecule is O[Si](O)(O)O.[AlH3].[Ba+2].[H-].[H-].[H-].[H-].[Mg+2].[Zn]. The van der Waals surface area contributed by atoms with E-state index in [2.05, 4.69) is 0 Å². The molecule has 0 saturated carbocycles. The summed E-state index contributed by atoms with van der Waals surface area (Å²) in [5.41, 5.74) is 0. The summed E-state index contributed by atoms with van der Waals surface area (Å²) < 4.78 is 0. The molecule has 0 heterocycles. The topological polar surface area (TPSA) is 80.9 Å². The zero-order valence-electron chi connectivity index (χ0n) is 8.41. The summed E-state index contributed by atoms with van der Waals surface area (Å²) in [5, 5.41) is 0. The van der Waals surface area contributed by atoms with E-state index in [-0.39, 0.29) is 114 Å². The monoisotopic (exact) mass is 356 g/mol. The molecule has 4 nitrogen and oxygen atoms in total. The average molecular weight is 357 g/mol. The van der Waals surface area contributed by atoms with Gasteiger partial charge in [-0.1, -0.05) is 0 Å². The van der Waals surface area contributed by atoms with Crippen molar-refractivity contribution in [3.05, 3.63) is 0 Å². The van der Waals surface area contributed by atoms with Crippen LogP contribution in [0.5, 0.6) is 0 Å². The summed E-state index contributed by atoms with van der Waals surface area (Å²) in [6.45, 7) is 0. The Morgan fingerprint density at radius 2 is 1.00 bits per heavy atom. The number of hydrogen-bond donors (Lipinski definition) is 4. The van der Waals surface area contributed by atoms with Gasteiger partial charge in [-0.3, -0.25) is 0 Å². The van der Waals surface area contributed by atoms with Crippen molar-refractivity contribution < 1.29 is 44.4 Å². The van der Waals surface area contributed by atoms with E-state index in [9.17, 15) is 0 Å². The van der Waals surface area contributed by atoms with Crippen LogP contribution in [0, 0.1) is 0 Å². The van der Waals surface area contributed by atoms with E-state index in [1.807, 2.05) is 0 Å². The Morgan fingerprint density at radius 1 is 1.00 bits per heavy atom. The van der Waals surface area contributed by atoms with Crippen molar-refractivity contribution >= 4 is 98.3 Å². The van der Waals surface area contributed by atoms with Gasteiger partial charge in [0.1, 0.15) is 0 Å². The minimum Gasteiger partial charge on any atom is -1.00 e. The molecule has 4 N–H and O–H groups in total. The van der Waals surface area contributed by atoms with Crippen LogP contribution < -0.4 is 0 Å². The molecule has 0 aliphatic heterocycles. The molecular formula is H11AlBaMgO4SiZn. The maximum Gasteiger partial charge on any atom is 2.00 e. The van der Waals surface area contributed by atoms with Crippen LogP contribution in [-0.2, 0) is 19.5 Å². The molecule has 0 saturated heterocycles. The van der Waals surface area contributed by atoms with Crippen LogP contribution in [0.25, 0.3) is 0 Å². The summed E-state index contributed by atoms with van der Waals surface area (Å²) in [6, 6.07) is 0. The van der Waals surface area contributed by atoms with Gasteiger partial charge in [-0.15, -0.1) is 0 Å². The average Bonchev–Trinajstić information content (AvgIpc) is 0.722. The van der Waals surface area contributed by atoms with E-state index < -0.39 is 9.05 Å². The van der Waals surface area contributed by atoms with E-state index >= 15 is 0 Å². The summed E-state index contributed by atoms with van der Waals surface area (Å²) in [6.07, 6.45) is 0. The third-order valence-corrected chi connectivity index (χ3v) is 0. The van der Waals surface area contributed by atoms with Crippen LogP contribution in [0.3, 0.4) is 0 Å². The molecular weight excluding hydrogens is 346 g/mol. The van der Waals surface area contributed by atoms with Crippen LogP contribution in [0.2, 0.25) is 0 Å². The first kappa shape index (κ1) is 29.4. The molecule has 0 amide bonds. The molecule has 0 aromatic heterocycles. The van der Waals surface area contributed by atoms with E-state index in [4.69, 9.17) is 19.2 Å². The Hall–Kier alpha value is 3.55. The van der Waals surface area contributed by atoms with Crippen molar-refractivity contribution in [2.45, 2.75) is 0 Å². The van der Waals surface area contributed by atoms with Crippen LogP contribution in [0.15, 0.2) is 0 Å². The van der Waals surface area contributed by atoms with Gasteiger partial charge in [0, 0.05) is 19.5 Å². The van der Waals surface area contributed by atoms with Crippen molar-refractivity contribution in [3.63, 3.8) is 0 Å². The van der Waals surface area contributed by atoms with Gasteiger partial charge in [0.2, 0.25) is 0 Å². The van der Waals surface area contributed by atoms with Crippen molar-refractivity contribution in [1.82, 2.24) is 0 Å². The molecule has 0 aliphatic carbocycles. The van der Waals surface area contributed by atoms with Gasteiger partial charge in [0.25, 0.3) is 0 Å². The third kappa shape index (κ3) is 83.6. The van der Waals surface area contributed by atoms with Crippen LogP contribution in [-0.4, -0.2) is 118 Å². The zero-order chi connectivity index (χ0) is 4.50. The van der Waals surface area contributed by atoms with Gasteiger partial charge >= 0.3 is 81.0 Å². The predicted octanol–water partition coefficient (Wildman–Crippen LogP) is -4.11. The normalized spacial score (nSPS) is 6.67. The summed E-state index contributed by atoms with van der Waals surface area (Å²) >= 11 is 0. The van der Waals surface area contributed by atoms with Gasteiger partial charge in [-0.2, -0.15) is 0 Å². The standard InChI is InChI=1S/Al.Ba.Mg.H4O4Si.Zn.7H/c;;;1-5(2,3)4;;;;;;;;/h;;;1-4H;;;;;;;;/q;2*+2;;;;;;4*-1. The molecule has 0 aromatic carbocycles.